The SMILES string of the molecule is CCC(C)c1ccccc1NC(=O)C(C)OC(=O)c1cc(S(N)(=O)=O)ccc1C. The molecule has 0 saturated heterocycles. The highest BCUT2D eigenvalue weighted by Gasteiger charge is 2.22. The molecular weight excluding hydrogens is 392 g/mol. The molecule has 0 heterocycles. The number of carbonyl (C=O) groups is 2. The molecule has 0 bridgehead atoms. The van der Waals surface area contributed by atoms with E-state index in [-0.39, 0.29) is 16.4 Å². The molecule has 0 aliphatic carbocycles. The molecule has 3 N–H and O–H groups in total. The fraction of sp³-hybridized carbons (Fsp3) is 0.333. The number of primary sulfonamides is 1. The Labute approximate surface area is 171 Å². The molecule has 29 heavy (non-hydrogen) atoms. The lowest BCUT2D eigenvalue weighted by molar-refractivity contribution is -0.123. The molecule has 1 amide bonds. The fourth-order valence-corrected chi connectivity index (χ4v) is 3.31. The molecule has 2 atom stereocenters. The minimum atomic E-state index is -3.96. The van der Waals surface area contributed by atoms with Crippen molar-refractivity contribution in [3.8, 4) is 0 Å². The Morgan fingerprint density at radius 1 is 1.14 bits per heavy atom. The summed E-state index contributed by atoms with van der Waals surface area (Å²) >= 11 is 0. The monoisotopic (exact) mass is 418 g/mol. The molecule has 2 unspecified atom stereocenters. The quantitative estimate of drug-likeness (QED) is 0.669. The number of ether oxygens (including phenoxy) is 1. The van der Waals surface area contributed by atoms with Gasteiger partial charge in [-0.25, -0.2) is 18.4 Å². The van der Waals surface area contributed by atoms with Crippen LogP contribution in [-0.2, 0) is 19.6 Å². The average molecular weight is 419 g/mol. The summed E-state index contributed by atoms with van der Waals surface area (Å²) in [6.07, 6.45) is -0.165. The minimum Gasteiger partial charge on any atom is -0.449 e. The van der Waals surface area contributed by atoms with Crippen LogP contribution in [0.25, 0.3) is 0 Å². The molecule has 0 fully saturated rings. The van der Waals surface area contributed by atoms with E-state index in [2.05, 4.69) is 19.2 Å². The van der Waals surface area contributed by atoms with Crippen LogP contribution in [0, 0.1) is 6.92 Å². The number of nitrogens with one attached hydrogen (secondary N) is 1. The number of anilines is 1. The van der Waals surface area contributed by atoms with E-state index in [1.807, 2.05) is 18.2 Å². The van der Waals surface area contributed by atoms with Gasteiger partial charge in [0.05, 0.1) is 10.5 Å². The van der Waals surface area contributed by atoms with Crippen LogP contribution in [0.15, 0.2) is 47.4 Å². The molecule has 0 radical (unpaired) electrons. The number of hydrogen-bond acceptors (Lipinski definition) is 5. The van der Waals surface area contributed by atoms with E-state index < -0.39 is 28.0 Å². The van der Waals surface area contributed by atoms with Crippen LogP contribution < -0.4 is 10.5 Å². The van der Waals surface area contributed by atoms with Gasteiger partial charge < -0.3 is 10.1 Å². The molecule has 156 valence electrons. The summed E-state index contributed by atoms with van der Waals surface area (Å²) in [5.41, 5.74) is 2.22. The summed E-state index contributed by atoms with van der Waals surface area (Å²) < 4.78 is 28.3. The number of aryl methyl sites for hydroxylation is 1. The van der Waals surface area contributed by atoms with Gasteiger partial charge in [-0.05, 0) is 55.5 Å². The van der Waals surface area contributed by atoms with Crippen molar-refractivity contribution < 1.29 is 22.7 Å². The Hall–Kier alpha value is -2.71. The Balaban J connectivity index is 2.16. The number of esters is 1. The van der Waals surface area contributed by atoms with Gasteiger partial charge in [0.25, 0.3) is 5.91 Å². The molecule has 0 spiro atoms. The molecule has 2 rings (SSSR count). The van der Waals surface area contributed by atoms with Crippen LogP contribution in [0.2, 0.25) is 0 Å². The van der Waals surface area contributed by atoms with Gasteiger partial charge in [-0.2, -0.15) is 0 Å². The average Bonchev–Trinajstić information content (AvgIpc) is 2.67. The van der Waals surface area contributed by atoms with Crippen molar-refractivity contribution in [3.63, 3.8) is 0 Å². The predicted molar refractivity (Wildman–Crippen MR) is 111 cm³/mol. The van der Waals surface area contributed by atoms with Gasteiger partial charge in [0.2, 0.25) is 10.0 Å². The van der Waals surface area contributed by atoms with Gasteiger partial charge in [-0.3, -0.25) is 4.79 Å². The highest BCUT2D eigenvalue weighted by molar-refractivity contribution is 7.89. The summed E-state index contributed by atoms with van der Waals surface area (Å²) in [5.74, 6) is -1.02. The molecule has 2 aromatic rings. The lowest BCUT2D eigenvalue weighted by Crippen LogP contribution is -2.30. The van der Waals surface area contributed by atoms with Gasteiger partial charge in [0, 0.05) is 5.69 Å². The van der Waals surface area contributed by atoms with E-state index in [0.29, 0.717) is 11.3 Å². The first kappa shape index (κ1) is 22.6. The van der Waals surface area contributed by atoms with Gasteiger partial charge in [-0.1, -0.05) is 38.1 Å². The van der Waals surface area contributed by atoms with Crippen molar-refractivity contribution in [1.29, 1.82) is 0 Å². The maximum absolute atomic E-state index is 12.5. The maximum Gasteiger partial charge on any atom is 0.339 e. The number of para-hydroxylation sites is 1. The van der Waals surface area contributed by atoms with Crippen LogP contribution >= 0.6 is 0 Å². The van der Waals surface area contributed by atoms with Gasteiger partial charge in [0.1, 0.15) is 0 Å². The van der Waals surface area contributed by atoms with Crippen molar-refractivity contribution in [2.45, 2.75) is 51.0 Å². The maximum atomic E-state index is 12.5. The van der Waals surface area contributed by atoms with Gasteiger partial charge >= 0.3 is 5.97 Å². The Morgan fingerprint density at radius 2 is 1.79 bits per heavy atom. The third-order valence-corrected chi connectivity index (χ3v) is 5.68. The number of rotatable bonds is 7. The lowest BCUT2D eigenvalue weighted by atomic mass is 9.97. The van der Waals surface area contributed by atoms with E-state index in [9.17, 15) is 18.0 Å². The highest BCUT2D eigenvalue weighted by atomic mass is 32.2. The second-order valence-electron chi connectivity index (χ2n) is 6.96. The Morgan fingerprint density at radius 3 is 2.41 bits per heavy atom. The molecule has 8 heteroatoms. The third-order valence-electron chi connectivity index (χ3n) is 4.77. The third kappa shape index (κ3) is 5.65. The molecule has 7 nitrogen and oxygen atoms in total. The van der Waals surface area contributed by atoms with Crippen LogP contribution in [-0.4, -0.2) is 26.4 Å². The lowest BCUT2D eigenvalue weighted by Gasteiger charge is -2.18. The van der Waals surface area contributed by atoms with Crippen LogP contribution in [0.5, 0.6) is 0 Å². The first-order valence-electron chi connectivity index (χ1n) is 9.28. The topological polar surface area (TPSA) is 116 Å². The number of nitrogens with two attached hydrogens (primary N) is 1. The highest BCUT2D eigenvalue weighted by Crippen LogP contribution is 2.26. The number of benzene rings is 2. The molecule has 2 aromatic carbocycles. The van der Waals surface area contributed by atoms with E-state index >= 15 is 0 Å². The predicted octanol–water partition coefficient (Wildman–Crippen LogP) is 3.34. The number of carbonyl (C=O) groups excluding carboxylic acids is 2. The largest absolute Gasteiger partial charge is 0.449 e. The van der Waals surface area contributed by atoms with E-state index in [0.717, 1.165) is 18.1 Å². The molecule has 0 aromatic heterocycles. The zero-order chi connectivity index (χ0) is 21.8. The van der Waals surface area contributed by atoms with Crippen molar-refractivity contribution >= 4 is 27.6 Å². The standard InChI is InChI=1S/C21H26N2O5S/c1-5-13(2)17-8-6-7-9-19(17)23-20(24)15(4)28-21(25)18-12-16(29(22,26)27)11-10-14(18)3/h6-13,15H,5H2,1-4H3,(H,23,24)(H2,22,26,27). The summed E-state index contributed by atoms with van der Waals surface area (Å²) in [6, 6.07) is 11.4. The van der Waals surface area contributed by atoms with Crippen LogP contribution in [0.3, 0.4) is 0 Å². The first-order valence-corrected chi connectivity index (χ1v) is 10.8. The first-order chi connectivity index (χ1) is 13.5. The zero-order valence-corrected chi connectivity index (χ0v) is 17.7. The van der Waals surface area contributed by atoms with Gasteiger partial charge in [0.15, 0.2) is 6.10 Å². The zero-order valence-electron chi connectivity index (χ0n) is 16.9. The van der Waals surface area contributed by atoms with Crippen molar-refractivity contribution in [2.75, 3.05) is 5.32 Å². The second-order valence-corrected chi connectivity index (χ2v) is 8.52. The smallest absolute Gasteiger partial charge is 0.339 e. The summed E-state index contributed by atoms with van der Waals surface area (Å²) in [7, 11) is -3.96. The summed E-state index contributed by atoms with van der Waals surface area (Å²) in [6.45, 7) is 7.22. The fourth-order valence-electron chi connectivity index (χ4n) is 2.77. The second kappa shape index (κ2) is 9.19. The summed E-state index contributed by atoms with van der Waals surface area (Å²) in [5, 5.41) is 7.92. The number of sulfonamides is 1. The summed E-state index contributed by atoms with van der Waals surface area (Å²) in [4.78, 5) is 24.8. The van der Waals surface area contributed by atoms with Gasteiger partial charge in [-0.15, -0.1) is 0 Å². The molecule has 0 aliphatic rings. The van der Waals surface area contributed by atoms with Crippen molar-refractivity contribution in [2.24, 2.45) is 5.14 Å². The minimum absolute atomic E-state index is 0.0381. The van der Waals surface area contributed by atoms with E-state index in [1.54, 1.807) is 13.0 Å². The van der Waals surface area contributed by atoms with Crippen molar-refractivity contribution in [1.82, 2.24) is 0 Å². The Kier molecular flexibility index (Phi) is 7.16. The van der Waals surface area contributed by atoms with E-state index in [1.165, 1.54) is 19.1 Å². The van der Waals surface area contributed by atoms with Crippen molar-refractivity contribution in [3.05, 3.63) is 59.2 Å². The van der Waals surface area contributed by atoms with Crippen LogP contribution in [0.1, 0.15) is 54.6 Å². The Bertz CT molecular complexity index is 1020. The molecular formula is C21H26N2O5S. The van der Waals surface area contributed by atoms with E-state index in [4.69, 9.17) is 9.88 Å². The molecule has 0 aliphatic heterocycles. The normalized spacial score (nSPS) is 13.4. The molecule has 0 saturated carbocycles. The number of amides is 1. The van der Waals surface area contributed by atoms with Crippen LogP contribution in [0.4, 0.5) is 5.69 Å². The number of hydrogen-bond donors (Lipinski definition) is 2.